The van der Waals surface area contributed by atoms with E-state index in [-0.39, 0.29) is 11.8 Å². The van der Waals surface area contributed by atoms with E-state index in [0.29, 0.717) is 0 Å². The molecule has 0 saturated heterocycles. The summed E-state index contributed by atoms with van der Waals surface area (Å²) in [6, 6.07) is 27.7. The molecule has 24 heavy (non-hydrogen) atoms. The fraction of sp³-hybridized carbons (Fsp3) is 0.0952. The van der Waals surface area contributed by atoms with Crippen molar-refractivity contribution in [1.29, 1.82) is 0 Å². The molecule has 0 fully saturated rings. The highest BCUT2D eigenvalue weighted by molar-refractivity contribution is 7.98. The third-order valence-electron chi connectivity index (χ3n) is 3.87. The van der Waals surface area contributed by atoms with Gasteiger partial charge in [0.2, 0.25) is 5.91 Å². The molecule has 1 amide bonds. The second-order valence-corrected chi connectivity index (χ2v) is 6.36. The van der Waals surface area contributed by atoms with E-state index in [2.05, 4.69) is 5.32 Å². The van der Waals surface area contributed by atoms with E-state index in [4.69, 9.17) is 0 Å². The van der Waals surface area contributed by atoms with E-state index in [9.17, 15) is 4.79 Å². The van der Waals surface area contributed by atoms with E-state index >= 15 is 0 Å². The van der Waals surface area contributed by atoms with Crippen LogP contribution in [0.2, 0.25) is 0 Å². The first-order chi connectivity index (χ1) is 11.8. The Kier molecular flexibility index (Phi) is 5.34. The molecule has 0 aliphatic carbocycles. The Bertz CT molecular complexity index is 763. The lowest BCUT2D eigenvalue weighted by Gasteiger charge is -2.18. The zero-order valence-electron chi connectivity index (χ0n) is 13.5. The van der Waals surface area contributed by atoms with Crippen molar-refractivity contribution in [2.24, 2.45) is 0 Å². The molecule has 0 aromatic heterocycles. The van der Waals surface area contributed by atoms with Crippen molar-refractivity contribution >= 4 is 23.4 Å². The van der Waals surface area contributed by atoms with E-state index in [1.165, 1.54) is 0 Å². The van der Waals surface area contributed by atoms with Gasteiger partial charge in [0.25, 0.3) is 0 Å². The van der Waals surface area contributed by atoms with Crippen molar-refractivity contribution in [3.63, 3.8) is 0 Å². The van der Waals surface area contributed by atoms with Crippen molar-refractivity contribution in [2.45, 2.75) is 10.8 Å². The second-order valence-electron chi connectivity index (χ2n) is 5.48. The third kappa shape index (κ3) is 3.87. The Hall–Kier alpha value is -2.52. The summed E-state index contributed by atoms with van der Waals surface area (Å²) in [6.07, 6.45) is 2.03. The molecule has 3 aromatic rings. The van der Waals surface area contributed by atoms with Crippen LogP contribution in [-0.4, -0.2) is 12.2 Å². The first kappa shape index (κ1) is 16.3. The molecule has 0 saturated carbocycles. The molecular formula is C21H19NOS. The normalized spacial score (nSPS) is 10.6. The average Bonchev–Trinajstić information content (AvgIpc) is 2.64. The molecule has 0 spiro atoms. The minimum Gasteiger partial charge on any atom is -0.325 e. The van der Waals surface area contributed by atoms with Gasteiger partial charge >= 0.3 is 0 Å². The molecule has 0 heterocycles. The number of hydrogen-bond acceptors (Lipinski definition) is 2. The standard InChI is InChI=1S/C21H19NOS/c1-24-19-14-8-13-18(15-19)22-21(23)20(16-9-4-2-5-10-16)17-11-6-3-7-12-17/h2-15,20H,1H3,(H,22,23). The molecule has 3 aromatic carbocycles. The van der Waals surface area contributed by atoms with Crippen LogP contribution in [0.4, 0.5) is 5.69 Å². The first-order valence-corrected chi connectivity index (χ1v) is 9.05. The average molecular weight is 333 g/mol. The number of rotatable bonds is 5. The molecule has 0 bridgehead atoms. The van der Waals surface area contributed by atoms with Gasteiger partial charge in [0.15, 0.2) is 0 Å². The zero-order valence-corrected chi connectivity index (χ0v) is 14.3. The number of amides is 1. The van der Waals surface area contributed by atoms with Crippen molar-refractivity contribution in [1.82, 2.24) is 0 Å². The van der Waals surface area contributed by atoms with Crippen LogP contribution in [0.25, 0.3) is 0 Å². The van der Waals surface area contributed by atoms with Crippen LogP contribution in [0.3, 0.4) is 0 Å². The monoisotopic (exact) mass is 333 g/mol. The van der Waals surface area contributed by atoms with Crippen LogP contribution in [0.1, 0.15) is 17.0 Å². The van der Waals surface area contributed by atoms with Crippen LogP contribution >= 0.6 is 11.8 Å². The van der Waals surface area contributed by atoms with E-state index in [0.717, 1.165) is 21.7 Å². The molecule has 0 aliphatic rings. The maximum absolute atomic E-state index is 13.0. The number of benzene rings is 3. The van der Waals surface area contributed by atoms with Gasteiger partial charge in [0.05, 0.1) is 5.92 Å². The molecule has 0 radical (unpaired) electrons. The van der Waals surface area contributed by atoms with Crippen LogP contribution in [-0.2, 0) is 4.79 Å². The van der Waals surface area contributed by atoms with Crippen LogP contribution in [0.5, 0.6) is 0 Å². The lowest BCUT2D eigenvalue weighted by Crippen LogP contribution is -2.22. The lowest BCUT2D eigenvalue weighted by atomic mass is 9.90. The first-order valence-electron chi connectivity index (χ1n) is 7.83. The minimum atomic E-state index is -0.328. The molecule has 1 N–H and O–H groups in total. The largest absolute Gasteiger partial charge is 0.325 e. The second kappa shape index (κ2) is 7.84. The number of carbonyl (C=O) groups excluding carboxylic acids is 1. The highest BCUT2D eigenvalue weighted by Crippen LogP contribution is 2.27. The molecule has 3 rings (SSSR count). The predicted molar refractivity (Wildman–Crippen MR) is 102 cm³/mol. The van der Waals surface area contributed by atoms with Gasteiger partial charge in [0.1, 0.15) is 0 Å². The van der Waals surface area contributed by atoms with E-state index < -0.39 is 0 Å². The summed E-state index contributed by atoms with van der Waals surface area (Å²) in [7, 11) is 0. The maximum atomic E-state index is 13.0. The number of nitrogens with one attached hydrogen (secondary N) is 1. The Morgan fingerprint density at radius 3 is 1.96 bits per heavy atom. The van der Waals surface area contributed by atoms with Gasteiger partial charge in [-0.2, -0.15) is 0 Å². The van der Waals surface area contributed by atoms with Gasteiger partial charge in [-0.15, -0.1) is 11.8 Å². The highest BCUT2D eigenvalue weighted by atomic mass is 32.2. The molecule has 3 heteroatoms. The zero-order chi connectivity index (χ0) is 16.8. The third-order valence-corrected chi connectivity index (χ3v) is 4.59. The highest BCUT2D eigenvalue weighted by Gasteiger charge is 2.22. The molecule has 0 unspecified atom stereocenters. The van der Waals surface area contributed by atoms with Gasteiger partial charge in [0, 0.05) is 10.6 Å². The van der Waals surface area contributed by atoms with Gasteiger partial charge in [-0.3, -0.25) is 4.79 Å². The lowest BCUT2D eigenvalue weighted by molar-refractivity contribution is -0.116. The van der Waals surface area contributed by atoms with E-state index in [1.54, 1.807) is 11.8 Å². The summed E-state index contributed by atoms with van der Waals surface area (Å²) in [5.41, 5.74) is 2.80. The minimum absolute atomic E-state index is 0.0225. The molecule has 0 atom stereocenters. The smallest absolute Gasteiger partial charge is 0.236 e. The van der Waals surface area contributed by atoms with Gasteiger partial charge in [-0.05, 0) is 35.6 Å². The topological polar surface area (TPSA) is 29.1 Å². The SMILES string of the molecule is CSc1cccc(NC(=O)C(c2ccccc2)c2ccccc2)c1. The molecule has 0 aliphatic heterocycles. The Morgan fingerprint density at radius 1 is 0.833 bits per heavy atom. The van der Waals surface area contributed by atoms with E-state index in [1.807, 2.05) is 91.2 Å². The maximum Gasteiger partial charge on any atom is 0.236 e. The summed E-state index contributed by atoms with van der Waals surface area (Å²) in [5, 5.41) is 3.06. The number of carbonyl (C=O) groups is 1. The summed E-state index contributed by atoms with van der Waals surface area (Å²) < 4.78 is 0. The van der Waals surface area contributed by atoms with Crippen molar-refractivity contribution < 1.29 is 4.79 Å². The summed E-state index contributed by atoms with van der Waals surface area (Å²) in [4.78, 5) is 14.1. The van der Waals surface area contributed by atoms with Crippen LogP contribution in [0, 0.1) is 0 Å². The van der Waals surface area contributed by atoms with Gasteiger partial charge in [-0.1, -0.05) is 66.7 Å². The summed E-state index contributed by atoms with van der Waals surface area (Å²) in [5.74, 6) is -0.351. The van der Waals surface area contributed by atoms with Gasteiger partial charge in [-0.25, -0.2) is 0 Å². The summed E-state index contributed by atoms with van der Waals surface area (Å²) >= 11 is 1.66. The Morgan fingerprint density at radius 2 is 1.42 bits per heavy atom. The predicted octanol–water partition coefficient (Wildman–Crippen LogP) is 5.18. The van der Waals surface area contributed by atoms with Crippen molar-refractivity contribution in [3.8, 4) is 0 Å². The molecular weight excluding hydrogens is 314 g/mol. The Balaban J connectivity index is 1.92. The number of thioether (sulfide) groups is 1. The van der Waals surface area contributed by atoms with Crippen molar-refractivity contribution in [3.05, 3.63) is 96.1 Å². The number of anilines is 1. The summed E-state index contributed by atoms with van der Waals surface area (Å²) in [6.45, 7) is 0. The fourth-order valence-electron chi connectivity index (χ4n) is 2.70. The van der Waals surface area contributed by atoms with Gasteiger partial charge < -0.3 is 5.32 Å². The van der Waals surface area contributed by atoms with Crippen LogP contribution in [0.15, 0.2) is 89.8 Å². The Labute approximate surface area is 146 Å². The quantitative estimate of drug-likeness (QED) is 0.652. The van der Waals surface area contributed by atoms with Crippen molar-refractivity contribution in [2.75, 3.05) is 11.6 Å². The molecule has 120 valence electrons. The fourth-order valence-corrected chi connectivity index (χ4v) is 3.16. The molecule has 2 nitrogen and oxygen atoms in total. The number of hydrogen-bond donors (Lipinski definition) is 1. The van der Waals surface area contributed by atoms with Crippen LogP contribution < -0.4 is 5.32 Å².